The van der Waals surface area contributed by atoms with E-state index in [0.29, 0.717) is 0 Å². The maximum atomic E-state index is 12.8. The van der Waals surface area contributed by atoms with E-state index in [4.69, 9.17) is 16.3 Å². The highest BCUT2D eigenvalue weighted by Crippen LogP contribution is 2.46. The van der Waals surface area contributed by atoms with Crippen LogP contribution in [0.4, 0.5) is 18.9 Å². The molecule has 0 fully saturated rings. The molecular formula is C10H7ClF3NO3. The lowest BCUT2D eigenvalue weighted by atomic mass is 9.98. The average molecular weight is 282 g/mol. The smallest absolute Gasteiger partial charge is 0.428 e. The van der Waals surface area contributed by atoms with Crippen LogP contribution < -0.4 is 4.74 Å². The Balaban J connectivity index is 2.45. The van der Waals surface area contributed by atoms with E-state index in [-0.39, 0.29) is 16.3 Å². The van der Waals surface area contributed by atoms with Crippen molar-refractivity contribution >= 4 is 17.3 Å². The molecule has 0 aromatic heterocycles. The molecule has 0 aliphatic carbocycles. The van der Waals surface area contributed by atoms with Gasteiger partial charge in [-0.1, -0.05) is 11.6 Å². The number of nitrogens with zero attached hydrogens (tertiary/aromatic N) is 1. The predicted molar refractivity (Wildman–Crippen MR) is 56.9 cm³/mol. The van der Waals surface area contributed by atoms with E-state index >= 15 is 0 Å². The molecule has 1 unspecified atom stereocenters. The number of nitro groups is 1. The number of halogens is 4. The maximum Gasteiger partial charge on any atom is 0.428 e. The first kappa shape index (κ1) is 12.9. The Bertz CT molecular complexity index is 532. The zero-order valence-electron chi connectivity index (χ0n) is 9.05. The Morgan fingerprint density at radius 1 is 1.50 bits per heavy atom. The highest BCUT2D eigenvalue weighted by Gasteiger charge is 2.57. The number of rotatable bonds is 1. The molecule has 2 rings (SSSR count). The second-order valence-electron chi connectivity index (χ2n) is 4.18. The molecule has 0 bridgehead atoms. The number of benzene rings is 1. The van der Waals surface area contributed by atoms with Gasteiger partial charge in [-0.15, -0.1) is 0 Å². The van der Waals surface area contributed by atoms with Gasteiger partial charge in [0.2, 0.25) is 5.60 Å². The van der Waals surface area contributed by atoms with Gasteiger partial charge < -0.3 is 4.74 Å². The number of alkyl halides is 3. The summed E-state index contributed by atoms with van der Waals surface area (Å²) in [5.74, 6) is -0.0644. The first-order valence-corrected chi connectivity index (χ1v) is 5.24. The lowest BCUT2D eigenvalue weighted by Gasteiger charge is -2.26. The van der Waals surface area contributed by atoms with Gasteiger partial charge in [-0.05, 0) is 6.92 Å². The Morgan fingerprint density at radius 3 is 2.61 bits per heavy atom. The molecule has 1 aromatic carbocycles. The van der Waals surface area contributed by atoms with Crippen LogP contribution in [0.15, 0.2) is 12.1 Å². The van der Waals surface area contributed by atoms with Crippen molar-refractivity contribution in [3.8, 4) is 5.75 Å². The van der Waals surface area contributed by atoms with Gasteiger partial charge in [-0.3, -0.25) is 10.1 Å². The van der Waals surface area contributed by atoms with Crippen molar-refractivity contribution in [3.05, 3.63) is 32.8 Å². The average Bonchev–Trinajstić information content (AvgIpc) is 2.52. The van der Waals surface area contributed by atoms with Crippen LogP contribution >= 0.6 is 11.6 Å². The van der Waals surface area contributed by atoms with E-state index in [0.717, 1.165) is 19.1 Å². The van der Waals surface area contributed by atoms with Crippen LogP contribution in [0.25, 0.3) is 0 Å². The lowest BCUT2D eigenvalue weighted by molar-refractivity contribution is -0.384. The van der Waals surface area contributed by atoms with Crippen LogP contribution in [0.5, 0.6) is 5.75 Å². The third-order valence-electron chi connectivity index (χ3n) is 2.79. The summed E-state index contributed by atoms with van der Waals surface area (Å²) in [6.45, 7) is 0.896. The first-order valence-electron chi connectivity index (χ1n) is 4.86. The van der Waals surface area contributed by atoms with Crippen molar-refractivity contribution in [1.82, 2.24) is 0 Å². The van der Waals surface area contributed by atoms with Crippen LogP contribution in [-0.2, 0) is 6.42 Å². The van der Waals surface area contributed by atoms with Crippen LogP contribution in [0.3, 0.4) is 0 Å². The SMILES string of the molecule is CC1(C(F)(F)F)Cc2cc([N+](=O)[O-])c(Cl)cc2O1. The monoisotopic (exact) mass is 281 g/mol. The van der Waals surface area contributed by atoms with Crippen molar-refractivity contribution < 1.29 is 22.8 Å². The number of ether oxygens (including phenoxy) is 1. The minimum absolute atomic E-state index is 0.0644. The van der Waals surface area contributed by atoms with Crippen LogP contribution in [0.1, 0.15) is 12.5 Å². The van der Waals surface area contributed by atoms with Gasteiger partial charge in [0.1, 0.15) is 10.8 Å². The van der Waals surface area contributed by atoms with Crippen molar-refractivity contribution in [2.45, 2.75) is 25.1 Å². The number of hydrogen-bond donors (Lipinski definition) is 0. The van der Waals surface area contributed by atoms with E-state index in [2.05, 4.69) is 0 Å². The normalized spacial score (nSPS) is 22.5. The molecule has 98 valence electrons. The number of nitro benzene ring substituents is 1. The lowest BCUT2D eigenvalue weighted by Crippen LogP contribution is -2.46. The molecule has 18 heavy (non-hydrogen) atoms. The minimum atomic E-state index is -4.56. The van der Waals surface area contributed by atoms with Crippen LogP contribution in [-0.4, -0.2) is 16.7 Å². The van der Waals surface area contributed by atoms with E-state index in [1.807, 2.05) is 0 Å². The summed E-state index contributed by atoms with van der Waals surface area (Å²) in [5.41, 5.74) is -2.66. The molecule has 0 radical (unpaired) electrons. The Labute approximate surface area is 104 Å². The fourth-order valence-electron chi connectivity index (χ4n) is 1.76. The Morgan fingerprint density at radius 2 is 2.11 bits per heavy atom. The summed E-state index contributed by atoms with van der Waals surface area (Å²) in [4.78, 5) is 9.89. The summed E-state index contributed by atoms with van der Waals surface area (Å²) in [6.07, 6.45) is -5.03. The fraction of sp³-hybridized carbons (Fsp3) is 0.400. The zero-order valence-corrected chi connectivity index (χ0v) is 9.80. The van der Waals surface area contributed by atoms with Gasteiger partial charge >= 0.3 is 6.18 Å². The third-order valence-corrected chi connectivity index (χ3v) is 3.09. The molecule has 0 amide bonds. The molecular weight excluding hydrogens is 275 g/mol. The minimum Gasteiger partial charge on any atom is -0.477 e. The maximum absolute atomic E-state index is 12.8. The van der Waals surface area contributed by atoms with Gasteiger partial charge in [0.05, 0.1) is 4.92 Å². The number of hydrogen-bond acceptors (Lipinski definition) is 3. The zero-order chi connectivity index (χ0) is 13.7. The largest absolute Gasteiger partial charge is 0.477 e. The molecule has 8 heteroatoms. The van der Waals surface area contributed by atoms with Crippen molar-refractivity contribution in [1.29, 1.82) is 0 Å². The van der Waals surface area contributed by atoms with Crippen LogP contribution in [0, 0.1) is 10.1 Å². The summed E-state index contributed by atoms with van der Waals surface area (Å²) in [7, 11) is 0. The second kappa shape index (κ2) is 3.74. The molecule has 0 saturated heterocycles. The molecule has 0 N–H and O–H groups in total. The molecule has 1 heterocycles. The fourth-order valence-corrected chi connectivity index (χ4v) is 1.98. The highest BCUT2D eigenvalue weighted by atomic mass is 35.5. The second-order valence-corrected chi connectivity index (χ2v) is 4.58. The molecule has 4 nitrogen and oxygen atoms in total. The predicted octanol–water partition coefficient (Wildman–Crippen LogP) is 3.50. The molecule has 0 saturated carbocycles. The highest BCUT2D eigenvalue weighted by molar-refractivity contribution is 6.32. The topological polar surface area (TPSA) is 52.4 Å². The van der Waals surface area contributed by atoms with E-state index in [1.54, 1.807) is 0 Å². The van der Waals surface area contributed by atoms with Gasteiger partial charge in [0.25, 0.3) is 5.69 Å². The molecule has 1 atom stereocenters. The Hall–Kier alpha value is -1.50. The molecule has 1 aromatic rings. The number of fused-ring (bicyclic) bond motifs is 1. The summed E-state index contributed by atoms with van der Waals surface area (Å²) < 4.78 is 43.2. The van der Waals surface area contributed by atoms with Crippen LogP contribution in [0.2, 0.25) is 5.02 Å². The van der Waals surface area contributed by atoms with E-state index in [9.17, 15) is 23.3 Å². The molecule has 1 aliphatic heterocycles. The first-order chi connectivity index (χ1) is 8.14. The summed E-state index contributed by atoms with van der Waals surface area (Å²) in [5, 5.41) is 10.4. The van der Waals surface area contributed by atoms with E-state index in [1.165, 1.54) is 0 Å². The van der Waals surface area contributed by atoms with Gasteiger partial charge in [0.15, 0.2) is 0 Å². The van der Waals surface area contributed by atoms with Gasteiger partial charge in [-0.2, -0.15) is 13.2 Å². The van der Waals surface area contributed by atoms with Crippen molar-refractivity contribution in [2.24, 2.45) is 0 Å². The van der Waals surface area contributed by atoms with E-state index < -0.39 is 28.8 Å². The Kier molecular flexibility index (Phi) is 2.69. The van der Waals surface area contributed by atoms with Gasteiger partial charge in [0, 0.05) is 24.1 Å². The standard InChI is InChI=1S/C10H7ClF3NO3/c1-9(10(12,13)14)4-5-2-7(15(16)17)6(11)3-8(5)18-9/h2-3H,4H2,1H3. The molecule has 1 aliphatic rings. The van der Waals surface area contributed by atoms with Crippen molar-refractivity contribution in [3.63, 3.8) is 0 Å². The third kappa shape index (κ3) is 1.88. The quantitative estimate of drug-likeness (QED) is 0.585. The molecule has 0 spiro atoms. The summed E-state index contributed by atoms with van der Waals surface area (Å²) >= 11 is 5.61. The van der Waals surface area contributed by atoms with Gasteiger partial charge in [-0.25, -0.2) is 0 Å². The summed E-state index contributed by atoms with van der Waals surface area (Å²) in [6, 6.07) is 2.07. The van der Waals surface area contributed by atoms with Crippen molar-refractivity contribution in [2.75, 3.05) is 0 Å².